The van der Waals surface area contributed by atoms with Crippen molar-refractivity contribution < 1.29 is 23.4 Å². The number of hydrogen-bond donors (Lipinski definition) is 2. The summed E-state index contributed by atoms with van der Waals surface area (Å²) in [5.41, 5.74) is -0.192. The molecule has 7 heteroatoms. The van der Waals surface area contributed by atoms with Crippen LogP contribution < -0.4 is 10.1 Å². The van der Waals surface area contributed by atoms with Crippen molar-refractivity contribution in [1.82, 2.24) is 4.98 Å². The Kier molecular flexibility index (Phi) is 4.32. The van der Waals surface area contributed by atoms with E-state index in [1.54, 1.807) is 18.3 Å². The second kappa shape index (κ2) is 6.17. The summed E-state index contributed by atoms with van der Waals surface area (Å²) in [7, 11) is 1.45. The maximum atomic E-state index is 13.8. The minimum Gasteiger partial charge on any atom is -0.481 e. The predicted octanol–water partition coefficient (Wildman–Crippen LogP) is 2.68. The molecule has 2 aromatic rings. The molecule has 0 radical (unpaired) electrons. The fourth-order valence-corrected chi connectivity index (χ4v) is 1.78. The van der Waals surface area contributed by atoms with Crippen molar-refractivity contribution in [3.8, 4) is 5.88 Å². The smallest absolute Gasteiger partial charge is 0.338 e. The van der Waals surface area contributed by atoms with Crippen LogP contribution in [0.3, 0.4) is 0 Å². The number of hydrogen-bond acceptors (Lipinski definition) is 4. The second-order valence-electron chi connectivity index (χ2n) is 4.12. The third-order valence-electron chi connectivity index (χ3n) is 2.83. The Bertz CT molecular complexity index is 677. The zero-order valence-corrected chi connectivity index (χ0v) is 11.1. The van der Waals surface area contributed by atoms with E-state index >= 15 is 0 Å². The third-order valence-corrected chi connectivity index (χ3v) is 2.83. The molecule has 110 valence electrons. The zero-order valence-electron chi connectivity index (χ0n) is 11.1. The van der Waals surface area contributed by atoms with Crippen molar-refractivity contribution in [3.63, 3.8) is 0 Å². The van der Waals surface area contributed by atoms with Crippen molar-refractivity contribution in [1.29, 1.82) is 0 Å². The van der Waals surface area contributed by atoms with Crippen LogP contribution in [0.15, 0.2) is 30.5 Å². The number of anilines is 1. The van der Waals surface area contributed by atoms with Crippen LogP contribution in [0.4, 0.5) is 14.5 Å². The maximum Gasteiger partial charge on any atom is 0.338 e. The molecule has 0 spiro atoms. The lowest BCUT2D eigenvalue weighted by molar-refractivity contribution is 0.0690. The van der Waals surface area contributed by atoms with Gasteiger partial charge in [-0.05, 0) is 18.2 Å². The number of carbonyl (C=O) groups is 1. The largest absolute Gasteiger partial charge is 0.481 e. The number of carboxylic acids is 1. The van der Waals surface area contributed by atoms with Crippen LogP contribution in [0.25, 0.3) is 0 Å². The molecule has 2 N–H and O–H groups in total. The molecule has 0 aliphatic carbocycles. The quantitative estimate of drug-likeness (QED) is 0.887. The zero-order chi connectivity index (χ0) is 15.4. The Morgan fingerprint density at radius 2 is 2.10 bits per heavy atom. The molecule has 0 saturated carbocycles. The molecule has 0 aliphatic rings. The minimum absolute atomic E-state index is 0.136. The molecule has 0 saturated heterocycles. The SMILES string of the molecule is COc1ncccc1CNc1ccc(C(=O)O)c(F)c1F. The number of benzene rings is 1. The Hall–Kier alpha value is -2.70. The number of carboxylic acid groups (broad SMARTS) is 1. The van der Waals surface area contributed by atoms with E-state index in [1.165, 1.54) is 13.2 Å². The van der Waals surface area contributed by atoms with Crippen molar-refractivity contribution in [2.75, 3.05) is 12.4 Å². The van der Waals surface area contributed by atoms with Gasteiger partial charge in [-0.2, -0.15) is 0 Å². The highest BCUT2D eigenvalue weighted by Crippen LogP contribution is 2.22. The Morgan fingerprint density at radius 3 is 2.76 bits per heavy atom. The number of halogens is 2. The van der Waals surface area contributed by atoms with Crippen LogP contribution in [0.2, 0.25) is 0 Å². The number of pyridine rings is 1. The lowest BCUT2D eigenvalue weighted by atomic mass is 10.1. The molecule has 0 atom stereocenters. The van der Waals surface area contributed by atoms with Gasteiger partial charge in [-0.1, -0.05) is 6.07 Å². The van der Waals surface area contributed by atoms with Gasteiger partial charge in [0.2, 0.25) is 5.88 Å². The Balaban J connectivity index is 2.21. The first-order valence-electron chi connectivity index (χ1n) is 5.97. The number of nitrogens with zero attached hydrogens (tertiary/aromatic N) is 1. The van der Waals surface area contributed by atoms with Gasteiger partial charge in [0.1, 0.15) is 0 Å². The summed E-state index contributed by atoms with van der Waals surface area (Å²) in [6, 6.07) is 5.58. The van der Waals surface area contributed by atoms with Gasteiger partial charge in [0.15, 0.2) is 11.6 Å². The molecule has 2 rings (SSSR count). The molecule has 5 nitrogen and oxygen atoms in total. The van der Waals surface area contributed by atoms with E-state index in [4.69, 9.17) is 9.84 Å². The van der Waals surface area contributed by atoms with E-state index in [0.29, 0.717) is 11.4 Å². The summed E-state index contributed by atoms with van der Waals surface area (Å²) in [5.74, 6) is -3.79. The third kappa shape index (κ3) is 3.07. The lowest BCUT2D eigenvalue weighted by Crippen LogP contribution is -2.08. The minimum atomic E-state index is -1.52. The first-order valence-corrected chi connectivity index (χ1v) is 5.97. The number of aromatic carboxylic acids is 1. The van der Waals surface area contributed by atoms with E-state index in [1.807, 2.05) is 0 Å². The van der Waals surface area contributed by atoms with Gasteiger partial charge in [-0.3, -0.25) is 0 Å². The first-order chi connectivity index (χ1) is 10.0. The molecule has 0 bridgehead atoms. The highest BCUT2D eigenvalue weighted by Gasteiger charge is 2.18. The average molecular weight is 294 g/mol. The number of nitrogens with one attached hydrogen (secondary N) is 1. The maximum absolute atomic E-state index is 13.8. The summed E-state index contributed by atoms with van der Waals surface area (Å²) in [5, 5.41) is 11.4. The van der Waals surface area contributed by atoms with E-state index in [2.05, 4.69) is 10.3 Å². The number of rotatable bonds is 5. The summed E-state index contributed by atoms with van der Waals surface area (Å²) in [6.07, 6.45) is 1.55. The first kappa shape index (κ1) is 14.7. The molecular weight excluding hydrogens is 282 g/mol. The Labute approximate surface area is 119 Å². The van der Waals surface area contributed by atoms with Crippen LogP contribution in [0.5, 0.6) is 5.88 Å². The second-order valence-corrected chi connectivity index (χ2v) is 4.12. The Morgan fingerprint density at radius 1 is 1.33 bits per heavy atom. The molecule has 0 fully saturated rings. The molecular formula is C14H12F2N2O3. The van der Waals surface area contributed by atoms with Crippen LogP contribution in [-0.4, -0.2) is 23.2 Å². The van der Waals surface area contributed by atoms with E-state index in [0.717, 1.165) is 6.07 Å². The van der Waals surface area contributed by atoms with Gasteiger partial charge in [0.05, 0.1) is 18.4 Å². The fraction of sp³-hybridized carbons (Fsp3) is 0.143. The van der Waals surface area contributed by atoms with Gasteiger partial charge in [-0.15, -0.1) is 0 Å². The van der Waals surface area contributed by atoms with Gasteiger partial charge in [0.25, 0.3) is 0 Å². The molecule has 21 heavy (non-hydrogen) atoms. The summed E-state index contributed by atoms with van der Waals surface area (Å²) in [6.45, 7) is 0.153. The number of methoxy groups -OCH3 is 1. The summed E-state index contributed by atoms with van der Waals surface area (Å²) in [4.78, 5) is 14.7. The lowest BCUT2D eigenvalue weighted by Gasteiger charge is -2.11. The van der Waals surface area contributed by atoms with Gasteiger partial charge in [0, 0.05) is 18.3 Å². The van der Waals surface area contributed by atoms with Gasteiger partial charge in [-0.25, -0.2) is 18.6 Å². The van der Waals surface area contributed by atoms with Crippen LogP contribution in [0.1, 0.15) is 15.9 Å². The monoisotopic (exact) mass is 294 g/mol. The highest BCUT2D eigenvalue weighted by atomic mass is 19.2. The topological polar surface area (TPSA) is 71.5 Å². The number of aromatic nitrogens is 1. The van der Waals surface area contributed by atoms with Crippen molar-refractivity contribution in [3.05, 3.63) is 53.2 Å². The van der Waals surface area contributed by atoms with Crippen LogP contribution >= 0.6 is 0 Å². The molecule has 0 amide bonds. The average Bonchev–Trinajstić information content (AvgIpc) is 2.48. The van der Waals surface area contributed by atoms with Crippen molar-refractivity contribution in [2.24, 2.45) is 0 Å². The van der Waals surface area contributed by atoms with Crippen LogP contribution in [-0.2, 0) is 6.54 Å². The number of ether oxygens (including phenoxy) is 1. The van der Waals surface area contributed by atoms with E-state index < -0.39 is 23.2 Å². The molecule has 1 aromatic carbocycles. The van der Waals surface area contributed by atoms with E-state index in [-0.39, 0.29) is 12.2 Å². The summed E-state index contributed by atoms with van der Waals surface area (Å²) < 4.78 is 32.4. The van der Waals surface area contributed by atoms with Gasteiger partial charge < -0.3 is 15.2 Å². The molecule has 1 heterocycles. The normalized spacial score (nSPS) is 10.2. The molecule has 1 aromatic heterocycles. The van der Waals surface area contributed by atoms with E-state index in [9.17, 15) is 13.6 Å². The van der Waals surface area contributed by atoms with Crippen molar-refractivity contribution >= 4 is 11.7 Å². The highest BCUT2D eigenvalue weighted by molar-refractivity contribution is 5.88. The van der Waals surface area contributed by atoms with Crippen LogP contribution in [0, 0.1) is 11.6 Å². The molecule has 0 unspecified atom stereocenters. The van der Waals surface area contributed by atoms with Gasteiger partial charge >= 0.3 is 5.97 Å². The predicted molar refractivity (Wildman–Crippen MR) is 71.4 cm³/mol. The standard InChI is InChI=1S/C14H12F2N2O3/c1-21-13-8(3-2-6-17-13)7-18-10-5-4-9(14(19)20)11(15)12(10)16/h2-6,18H,7H2,1H3,(H,19,20). The molecule has 0 aliphatic heterocycles. The van der Waals surface area contributed by atoms with Crippen molar-refractivity contribution in [2.45, 2.75) is 6.54 Å². The fourth-order valence-electron chi connectivity index (χ4n) is 1.78. The summed E-state index contributed by atoms with van der Waals surface area (Å²) >= 11 is 0.